The SMILES string of the molecule is CN=Cc1ccc(CN2C(=O)C3(COc4cc5c(cc43)CCO5)c3ccccc32)cc1. The number of amides is 1. The number of benzene rings is 3. The van der Waals surface area contributed by atoms with Gasteiger partial charge in [-0.05, 0) is 34.4 Å². The van der Waals surface area contributed by atoms with E-state index in [0.29, 0.717) is 19.8 Å². The normalized spacial score (nSPS) is 20.7. The van der Waals surface area contributed by atoms with Crippen LogP contribution in [0.2, 0.25) is 0 Å². The molecule has 5 nitrogen and oxygen atoms in total. The average Bonchev–Trinajstić information content (AvgIpc) is 3.47. The molecule has 1 unspecified atom stereocenters. The molecule has 1 amide bonds. The van der Waals surface area contributed by atoms with E-state index in [-0.39, 0.29) is 5.91 Å². The summed E-state index contributed by atoms with van der Waals surface area (Å²) in [6.45, 7) is 1.52. The van der Waals surface area contributed by atoms with Crippen molar-refractivity contribution in [3.63, 3.8) is 0 Å². The van der Waals surface area contributed by atoms with Crippen molar-refractivity contribution in [2.24, 2.45) is 4.99 Å². The van der Waals surface area contributed by atoms with E-state index >= 15 is 0 Å². The van der Waals surface area contributed by atoms with Crippen LogP contribution in [0.15, 0.2) is 65.7 Å². The maximum Gasteiger partial charge on any atom is 0.246 e. The molecule has 0 radical (unpaired) electrons. The van der Waals surface area contributed by atoms with Crippen molar-refractivity contribution in [2.75, 3.05) is 25.2 Å². The predicted molar refractivity (Wildman–Crippen MR) is 120 cm³/mol. The van der Waals surface area contributed by atoms with Gasteiger partial charge in [-0.15, -0.1) is 0 Å². The molecule has 5 heteroatoms. The van der Waals surface area contributed by atoms with Gasteiger partial charge in [-0.1, -0.05) is 42.5 Å². The van der Waals surface area contributed by atoms with E-state index in [4.69, 9.17) is 9.47 Å². The Bertz CT molecular complexity index is 1230. The molecule has 0 N–H and O–H groups in total. The molecule has 31 heavy (non-hydrogen) atoms. The third kappa shape index (κ3) is 2.56. The highest BCUT2D eigenvalue weighted by Gasteiger charge is 2.57. The van der Waals surface area contributed by atoms with Crippen molar-refractivity contribution in [1.82, 2.24) is 0 Å². The van der Waals surface area contributed by atoms with Crippen molar-refractivity contribution in [3.05, 3.63) is 88.5 Å². The number of rotatable bonds is 3. The van der Waals surface area contributed by atoms with Crippen LogP contribution in [0.1, 0.15) is 27.8 Å². The van der Waals surface area contributed by atoms with Gasteiger partial charge in [0.05, 0.1) is 13.2 Å². The Balaban J connectivity index is 1.43. The van der Waals surface area contributed by atoms with Gasteiger partial charge in [0.2, 0.25) is 5.91 Å². The number of nitrogens with zero attached hydrogens (tertiary/aromatic N) is 2. The highest BCUT2D eigenvalue weighted by Crippen LogP contribution is 2.54. The molecule has 3 aliphatic rings. The monoisotopic (exact) mass is 410 g/mol. The molecule has 3 aromatic rings. The number of hydrogen-bond donors (Lipinski definition) is 0. The number of ether oxygens (including phenoxy) is 2. The van der Waals surface area contributed by atoms with Gasteiger partial charge < -0.3 is 14.4 Å². The van der Waals surface area contributed by atoms with E-state index in [2.05, 4.69) is 29.3 Å². The lowest BCUT2D eigenvalue weighted by molar-refractivity contribution is -0.122. The molecule has 0 saturated carbocycles. The van der Waals surface area contributed by atoms with Crippen LogP contribution in [0.25, 0.3) is 0 Å². The fourth-order valence-corrected chi connectivity index (χ4v) is 5.05. The smallest absolute Gasteiger partial charge is 0.246 e. The zero-order valence-corrected chi connectivity index (χ0v) is 17.3. The van der Waals surface area contributed by atoms with Gasteiger partial charge in [0.1, 0.15) is 23.5 Å². The Morgan fingerprint density at radius 2 is 1.87 bits per heavy atom. The molecule has 3 heterocycles. The van der Waals surface area contributed by atoms with Gasteiger partial charge in [-0.2, -0.15) is 0 Å². The highest BCUT2D eigenvalue weighted by atomic mass is 16.5. The van der Waals surface area contributed by atoms with E-state index in [1.165, 1.54) is 0 Å². The average molecular weight is 410 g/mol. The van der Waals surface area contributed by atoms with E-state index in [1.54, 1.807) is 7.05 Å². The second-order valence-electron chi connectivity index (χ2n) is 8.29. The molecule has 1 spiro atoms. The minimum absolute atomic E-state index is 0.0745. The molecular weight excluding hydrogens is 388 g/mol. The van der Waals surface area contributed by atoms with Crippen LogP contribution >= 0.6 is 0 Å². The van der Waals surface area contributed by atoms with Gasteiger partial charge >= 0.3 is 0 Å². The summed E-state index contributed by atoms with van der Waals surface area (Å²) in [6.07, 6.45) is 2.69. The summed E-state index contributed by atoms with van der Waals surface area (Å²) in [7, 11) is 1.76. The maximum atomic E-state index is 14.0. The molecule has 0 fully saturated rings. The van der Waals surface area contributed by atoms with Gasteiger partial charge in [0.25, 0.3) is 0 Å². The van der Waals surface area contributed by atoms with Crippen LogP contribution in [-0.2, 0) is 23.2 Å². The predicted octanol–water partition coefficient (Wildman–Crippen LogP) is 3.90. The maximum absolute atomic E-state index is 14.0. The quantitative estimate of drug-likeness (QED) is 0.616. The van der Waals surface area contributed by atoms with Crippen LogP contribution in [0, 0.1) is 0 Å². The summed E-state index contributed by atoms with van der Waals surface area (Å²) in [5, 5.41) is 0. The molecule has 3 aliphatic heterocycles. The van der Waals surface area contributed by atoms with Crippen molar-refractivity contribution in [2.45, 2.75) is 18.4 Å². The van der Waals surface area contributed by atoms with Crippen LogP contribution < -0.4 is 14.4 Å². The fourth-order valence-electron chi connectivity index (χ4n) is 5.05. The van der Waals surface area contributed by atoms with Crippen LogP contribution in [-0.4, -0.2) is 32.4 Å². The Labute approximate surface area is 180 Å². The summed E-state index contributed by atoms with van der Waals surface area (Å²) < 4.78 is 11.8. The van der Waals surface area contributed by atoms with E-state index < -0.39 is 5.41 Å². The minimum atomic E-state index is -0.793. The molecule has 0 aliphatic carbocycles. The van der Waals surface area contributed by atoms with Gasteiger partial charge in [-0.3, -0.25) is 9.79 Å². The molecule has 0 aromatic heterocycles. The number of carbonyl (C=O) groups excluding carboxylic acids is 1. The molecule has 3 aromatic carbocycles. The number of aliphatic imine (C=N–C) groups is 1. The number of hydrogen-bond acceptors (Lipinski definition) is 4. The van der Waals surface area contributed by atoms with Crippen molar-refractivity contribution >= 4 is 17.8 Å². The third-order valence-corrected chi connectivity index (χ3v) is 6.56. The zero-order valence-electron chi connectivity index (χ0n) is 17.3. The lowest BCUT2D eigenvalue weighted by atomic mass is 9.76. The first-order valence-electron chi connectivity index (χ1n) is 10.6. The van der Waals surface area contributed by atoms with Gasteiger partial charge in [0.15, 0.2) is 0 Å². The largest absolute Gasteiger partial charge is 0.493 e. The van der Waals surface area contributed by atoms with Crippen molar-refractivity contribution in [3.8, 4) is 11.5 Å². The van der Waals surface area contributed by atoms with E-state index in [1.807, 2.05) is 47.5 Å². The lowest BCUT2D eigenvalue weighted by Crippen LogP contribution is -2.42. The van der Waals surface area contributed by atoms with Crippen molar-refractivity contribution < 1.29 is 14.3 Å². The van der Waals surface area contributed by atoms with Gasteiger partial charge in [0, 0.05) is 37.0 Å². The van der Waals surface area contributed by atoms with Gasteiger partial charge in [-0.25, -0.2) is 0 Å². The second-order valence-corrected chi connectivity index (χ2v) is 8.29. The number of para-hydroxylation sites is 1. The first-order chi connectivity index (χ1) is 15.2. The Morgan fingerprint density at radius 1 is 1.03 bits per heavy atom. The Morgan fingerprint density at radius 3 is 2.71 bits per heavy atom. The summed E-state index contributed by atoms with van der Waals surface area (Å²) in [5.41, 5.74) is 5.43. The molecular formula is C26H22N2O3. The minimum Gasteiger partial charge on any atom is -0.493 e. The zero-order chi connectivity index (χ0) is 21.0. The lowest BCUT2D eigenvalue weighted by Gasteiger charge is -2.23. The first-order valence-corrected chi connectivity index (χ1v) is 10.6. The van der Waals surface area contributed by atoms with E-state index in [0.717, 1.165) is 51.4 Å². The summed E-state index contributed by atoms with van der Waals surface area (Å²) in [6, 6.07) is 20.4. The second kappa shape index (κ2) is 6.71. The summed E-state index contributed by atoms with van der Waals surface area (Å²) >= 11 is 0. The summed E-state index contributed by atoms with van der Waals surface area (Å²) in [5.74, 6) is 1.71. The standard InChI is InChI=1S/C26H22N2O3/c1-27-14-17-6-8-18(9-7-17)15-28-22-5-3-2-4-20(22)26(25(28)29)16-31-24-13-23-19(10-11-30-23)12-21(24)26/h2-9,12-14H,10-11,15-16H2,1H3. The molecule has 1 atom stereocenters. The first kappa shape index (κ1) is 18.2. The van der Waals surface area contributed by atoms with Crippen LogP contribution in [0.5, 0.6) is 11.5 Å². The number of anilines is 1. The fraction of sp³-hybridized carbons (Fsp3) is 0.231. The third-order valence-electron chi connectivity index (χ3n) is 6.56. The Kier molecular flexibility index (Phi) is 3.93. The van der Waals surface area contributed by atoms with Crippen LogP contribution in [0.4, 0.5) is 5.69 Å². The molecule has 0 bridgehead atoms. The van der Waals surface area contributed by atoms with Crippen molar-refractivity contribution in [1.29, 1.82) is 0 Å². The van der Waals surface area contributed by atoms with Crippen LogP contribution in [0.3, 0.4) is 0 Å². The molecule has 0 saturated heterocycles. The Hall–Kier alpha value is -3.60. The molecule has 154 valence electrons. The number of fused-ring (bicyclic) bond motifs is 5. The highest BCUT2D eigenvalue weighted by molar-refractivity contribution is 6.11. The number of carbonyl (C=O) groups is 1. The summed E-state index contributed by atoms with van der Waals surface area (Å²) in [4.78, 5) is 20.0. The topological polar surface area (TPSA) is 51.1 Å². The van der Waals surface area contributed by atoms with E-state index in [9.17, 15) is 4.79 Å². The molecule has 6 rings (SSSR count).